The number of hydrogen-bond donors (Lipinski definition) is 1. The average molecular weight is 285 g/mol. The van der Waals surface area contributed by atoms with Crippen molar-refractivity contribution in [3.63, 3.8) is 0 Å². The van der Waals surface area contributed by atoms with Crippen molar-refractivity contribution in [2.24, 2.45) is 5.73 Å². The number of amides is 1. The predicted molar refractivity (Wildman–Crippen MR) is 79.3 cm³/mol. The van der Waals surface area contributed by atoms with Gasteiger partial charge in [0.1, 0.15) is 0 Å². The quantitative estimate of drug-likeness (QED) is 0.578. The van der Waals surface area contributed by atoms with E-state index in [9.17, 15) is 14.1 Å². The monoisotopic (exact) mass is 285 g/mol. The van der Waals surface area contributed by atoms with Gasteiger partial charge in [0.15, 0.2) is 9.40 Å². The molecule has 3 rings (SSSR count). The summed E-state index contributed by atoms with van der Waals surface area (Å²) in [5.74, 6) is -0.460. The van der Waals surface area contributed by atoms with Crippen molar-refractivity contribution in [1.29, 1.82) is 0 Å². The number of rotatable bonds is 2. The van der Waals surface area contributed by atoms with Gasteiger partial charge in [-0.3, -0.25) is 9.59 Å². The van der Waals surface area contributed by atoms with Crippen molar-refractivity contribution in [1.82, 2.24) is 0 Å². The fourth-order valence-electron chi connectivity index (χ4n) is 2.30. The second-order valence-electron chi connectivity index (χ2n) is 4.57. The highest BCUT2D eigenvalue weighted by Gasteiger charge is 2.15. The summed E-state index contributed by atoms with van der Waals surface area (Å²) in [6.07, 6.45) is 0.0698. The molecule has 0 aliphatic carbocycles. The Hall–Kier alpha value is -2.24. The fourth-order valence-corrected chi connectivity index (χ4v) is 3.72. The van der Waals surface area contributed by atoms with E-state index in [0.29, 0.717) is 25.7 Å². The highest BCUT2D eigenvalue weighted by Crippen LogP contribution is 2.32. The van der Waals surface area contributed by atoms with Gasteiger partial charge in [-0.15, -0.1) is 0 Å². The molecule has 1 amide bonds. The van der Waals surface area contributed by atoms with Crippen LogP contribution in [0.1, 0.15) is 5.56 Å². The van der Waals surface area contributed by atoms with Crippen LogP contribution in [0, 0.1) is 0 Å². The molecule has 0 saturated carbocycles. The Balaban J connectivity index is 2.41. The topological polar surface area (TPSA) is 83.2 Å². The van der Waals surface area contributed by atoms with Crippen LogP contribution in [0.3, 0.4) is 0 Å². The number of primary amides is 1. The zero-order valence-corrected chi connectivity index (χ0v) is 11.3. The van der Waals surface area contributed by atoms with Crippen LogP contribution in [0.15, 0.2) is 47.3 Å². The summed E-state index contributed by atoms with van der Waals surface area (Å²) in [6, 6.07) is 11.8. The molecule has 0 aliphatic rings. The number of hydrogen-bond acceptors (Lipinski definition) is 3. The second kappa shape index (κ2) is 4.70. The number of fused-ring (bicyclic) bond motifs is 2. The third kappa shape index (κ3) is 1.97. The first kappa shape index (κ1) is 12.8. The molecular weight excluding hydrogens is 274 g/mol. The lowest BCUT2D eigenvalue weighted by atomic mass is 10.1. The van der Waals surface area contributed by atoms with Crippen LogP contribution in [0.5, 0.6) is 0 Å². The first-order valence-electron chi connectivity index (χ1n) is 6.04. The Labute approximate surface area is 117 Å². The second-order valence-corrected chi connectivity index (χ2v) is 5.98. The van der Waals surface area contributed by atoms with E-state index in [4.69, 9.17) is 5.73 Å². The molecule has 0 spiro atoms. The smallest absolute Gasteiger partial charge is 0.221 e. The minimum absolute atomic E-state index is 0.0698. The van der Waals surface area contributed by atoms with E-state index in [-0.39, 0.29) is 11.8 Å². The molecule has 5 heteroatoms. The summed E-state index contributed by atoms with van der Waals surface area (Å²) >= 11 is 0. The van der Waals surface area contributed by atoms with Crippen molar-refractivity contribution < 1.29 is 9.35 Å². The molecule has 20 heavy (non-hydrogen) atoms. The van der Waals surface area contributed by atoms with Gasteiger partial charge in [-0.1, -0.05) is 18.2 Å². The molecule has 1 heterocycles. The molecule has 0 fully saturated rings. The maximum absolute atomic E-state index is 12.5. The lowest BCUT2D eigenvalue weighted by Gasteiger charge is -2.05. The molecular formula is C15H11NO3S. The van der Waals surface area contributed by atoms with E-state index in [1.165, 1.54) is 0 Å². The van der Waals surface area contributed by atoms with Gasteiger partial charge < -0.3 is 10.3 Å². The maximum Gasteiger partial charge on any atom is 0.221 e. The van der Waals surface area contributed by atoms with Crippen LogP contribution in [0.2, 0.25) is 0 Å². The van der Waals surface area contributed by atoms with Gasteiger partial charge in [0, 0.05) is 6.07 Å². The largest absolute Gasteiger partial charge is 0.590 e. The molecule has 1 atom stereocenters. The Morgan fingerprint density at radius 3 is 2.55 bits per heavy atom. The minimum atomic E-state index is -1.41. The summed E-state index contributed by atoms with van der Waals surface area (Å²) in [5.41, 5.74) is 5.68. The molecule has 0 radical (unpaired) electrons. The Bertz CT molecular complexity index is 899. The van der Waals surface area contributed by atoms with E-state index in [1.807, 2.05) is 0 Å². The maximum atomic E-state index is 12.5. The molecule has 1 aromatic heterocycles. The van der Waals surface area contributed by atoms with Crippen molar-refractivity contribution in [3.05, 3.63) is 58.3 Å². The lowest BCUT2D eigenvalue weighted by Crippen LogP contribution is -2.13. The molecule has 2 aromatic carbocycles. The number of nitrogens with two attached hydrogens (primary N) is 1. The summed E-state index contributed by atoms with van der Waals surface area (Å²) in [5, 5.41) is 0.899. The molecule has 0 bridgehead atoms. The molecule has 0 saturated heterocycles. The summed E-state index contributed by atoms with van der Waals surface area (Å²) < 4.78 is 13.5. The summed E-state index contributed by atoms with van der Waals surface area (Å²) in [7, 11) is -1.41. The van der Waals surface area contributed by atoms with Crippen LogP contribution in [-0.4, -0.2) is 10.5 Å². The van der Waals surface area contributed by atoms with E-state index >= 15 is 0 Å². The number of benzene rings is 2. The van der Waals surface area contributed by atoms with Crippen LogP contribution >= 0.6 is 10.8 Å². The molecule has 4 nitrogen and oxygen atoms in total. The highest BCUT2D eigenvalue weighted by atomic mass is 32.2. The zero-order valence-electron chi connectivity index (χ0n) is 10.5. The fraction of sp³-hybridized carbons (Fsp3) is 0.0667. The van der Waals surface area contributed by atoms with Crippen molar-refractivity contribution >= 4 is 36.8 Å². The van der Waals surface area contributed by atoms with Gasteiger partial charge in [0.2, 0.25) is 11.3 Å². The summed E-state index contributed by atoms with van der Waals surface area (Å²) in [6.45, 7) is 0. The van der Waals surface area contributed by atoms with Crippen molar-refractivity contribution in [3.8, 4) is 0 Å². The van der Waals surface area contributed by atoms with Crippen molar-refractivity contribution in [2.75, 3.05) is 0 Å². The van der Waals surface area contributed by atoms with E-state index in [0.717, 1.165) is 0 Å². The minimum Gasteiger partial charge on any atom is -0.590 e. The number of carbonyl (C=O) groups is 1. The summed E-state index contributed by atoms with van der Waals surface area (Å²) in [4.78, 5) is 23.3. The Kier molecular flexibility index (Phi) is 3.00. The first-order valence-corrected chi connectivity index (χ1v) is 7.19. The van der Waals surface area contributed by atoms with Crippen LogP contribution in [0.4, 0.5) is 0 Å². The Morgan fingerprint density at radius 1 is 1.10 bits per heavy atom. The lowest BCUT2D eigenvalue weighted by molar-refractivity contribution is -0.117. The third-order valence-corrected chi connectivity index (χ3v) is 4.69. The molecule has 2 N–H and O–H groups in total. The molecule has 1 unspecified atom stereocenters. The van der Waals surface area contributed by atoms with E-state index in [2.05, 4.69) is 0 Å². The SMILES string of the molecule is NC(=O)Cc1ccc2c(=O)c3ccccc3[s+]([O-])c2c1. The van der Waals surface area contributed by atoms with Gasteiger partial charge in [-0.25, -0.2) is 0 Å². The predicted octanol–water partition coefficient (Wildman–Crippen LogP) is 2.11. The van der Waals surface area contributed by atoms with Gasteiger partial charge >= 0.3 is 0 Å². The van der Waals surface area contributed by atoms with Gasteiger partial charge in [-0.2, -0.15) is 0 Å². The molecule has 0 aliphatic heterocycles. The third-order valence-electron chi connectivity index (χ3n) is 3.20. The van der Waals surface area contributed by atoms with Crippen LogP contribution in [0.25, 0.3) is 20.2 Å². The van der Waals surface area contributed by atoms with E-state index < -0.39 is 16.7 Å². The zero-order chi connectivity index (χ0) is 14.3. The standard InChI is InChI=1S/C15H11NO3S/c16-14(17)8-9-5-6-11-13(7-9)20(19)12-4-2-1-3-10(12)15(11)18/h1-7H,8H2,(H2,16,17). The normalized spacial score (nSPS) is 11.9. The average Bonchev–Trinajstić information content (AvgIpc) is 2.44. The number of carbonyl (C=O) groups excluding carboxylic acids is 1. The van der Waals surface area contributed by atoms with Gasteiger partial charge in [-0.05, 0) is 34.5 Å². The van der Waals surface area contributed by atoms with Gasteiger partial charge in [0.05, 0.1) is 17.2 Å². The Morgan fingerprint density at radius 2 is 1.80 bits per heavy atom. The first-order chi connectivity index (χ1) is 9.58. The highest BCUT2D eigenvalue weighted by molar-refractivity contribution is 7.36. The van der Waals surface area contributed by atoms with Crippen LogP contribution in [-0.2, 0) is 11.2 Å². The molecule has 100 valence electrons. The van der Waals surface area contributed by atoms with E-state index in [1.54, 1.807) is 42.5 Å². The van der Waals surface area contributed by atoms with Crippen LogP contribution < -0.4 is 11.2 Å². The van der Waals surface area contributed by atoms with Gasteiger partial charge in [0.25, 0.3) is 0 Å². The van der Waals surface area contributed by atoms with Crippen molar-refractivity contribution in [2.45, 2.75) is 6.42 Å². The molecule has 3 aromatic rings.